The largest absolute Gasteiger partial charge is 0.481 e. The van der Waals surface area contributed by atoms with Crippen molar-refractivity contribution < 1.29 is 18.7 Å². The van der Waals surface area contributed by atoms with Crippen molar-refractivity contribution in [3.05, 3.63) is 28.0 Å². The van der Waals surface area contributed by atoms with E-state index in [4.69, 9.17) is 5.11 Å². The maximum absolute atomic E-state index is 12.2. The van der Waals surface area contributed by atoms with Crippen molar-refractivity contribution in [2.45, 2.75) is 12.8 Å². The lowest BCUT2D eigenvalue weighted by molar-refractivity contribution is -0.136. The zero-order valence-corrected chi connectivity index (χ0v) is 8.46. The predicted molar refractivity (Wildman–Crippen MR) is 48.2 cm³/mol. The number of aromatic nitrogens is 1. The Balaban J connectivity index is 2.94. The molecule has 0 aliphatic rings. The molecule has 3 nitrogen and oxygen atoms in total. The molecule has 1 aromatic heterocycles. The van der Waals surface area contributed by atoms with Gasteiger partial charge in [-0.2, -0.15) is 0 Å². The second-order valence-electron chi connectivity index (χ2n) is 2.55. The van der Waals surface area contributed by atoms with Crippen molar-refractivity contribution >= 4 is 21.9 Å². The summed E-state index contributed by atoms with van der Waals surface area (Å²) in [5, 5.41) is 8.43. The fourth-order valence-electron chi connectivity index (χ4n) is 0.899. The normalized spacial score (nSPS) is 10.6. The molecule has 0 saturated carbocycles. The van der Waals surface area contributed by atoms with Crippen LogP contribution in [0.2, 0.25) is 0 Å². The van der Waals surface area contributed by atoms with Crippen LogP contribution in [-0.2, 0) is 11.2 Å². The minimum Gasteiger partial charge on any atom is -0.481 e. The molecule has 0 amide bonds. The van der Waals surface area contributed by atoms with Gasteiger partial charge in [0.25, 0.3) is 6.43 Å². The number of carbonyl (C=O) groups is 1. The Morgan fingerprint density at radius 3 is 2.64 bits per heavy atom. The van der Waals surface area contributed by atoms with Gasteiger partial charge in [-0.1, -0.05) is 0 Å². The van der Waals surface area contributed by atoms with Gasteiger partial charge in [0.15, 0.2) is 0 Å². The molecule has 14 heavy (non-hydrogen) atoms. The molecular formula is C8H6BrF2NO2. The first-order valence-corrected chi connectivity index (χ1v) is 4.45. The fourth-order valence-corrected chi connectivity index (χ4v) is 1.43. The number of carboxylic acids is 1. The van der Waals surface area contributed by atoms with Crippen LogP contribution in [0.5, 0.6) is 0 Å². The standard InChI is InChI=1S/C8H6BrF2NO2/c9-7-5(8(10)11)2-1-4(12-7)3-6(13)14/h1-2,8H,3H2,(H,13,14). The molecule has 1 rings (SSSR count). The molecule has 6 heteroatoms. The monoisotopic (exact) mass is 265 g/mol. The van der Waals surface area contributed by atoms with Gasteiger partial charge in [-0.05, 0) is 28.1 Å². The first-order valence-electron chi connectivity index (χ1n) is 3.66. The second-order valence-corrected chi connectivity index (χ2v) is 3.30. The average Bonchev–Trinajstić information content (AvgIpc) is 2.01. The highest BCUT2D eigenvalue weighted by molar-refractivity contribution is 9.10. The number of nitrogens with zero attached hydrogens (tertiary/aromatic N) is 1. The molecule has 76 valence electrons. The highest BCUT2D eigenvalue weighted by Gasteiger charge is 2.13. The van der Waals surface area contributed by atoms with Crippen molar-refractivity contribution in [1.29, 1.82) is 0 Å². The highest BCUT2D eigenvalue weighted by Crippen LogP contribution is 2.25. The maximum atomic E-state index is 12.2. The minimum atomic E-state index is -2.62. The minimum absolute atomic E-state index is 0.00810. The van der Waals surface area contributed by atoms with E-state index in [1.807, 2.05) is 0 Å². The Hall–Kier alpha value is -1.04. The first kappa shape index (κ1) is 11.0. The Labute approximate surface area is 86.9 Å². The van der Waals surface area contributed by atoms with E-state index in [0.29, 0.717) is 0 Å². The lowest BCUT2D eigenvalue weighted by Crippen LogP contribution is -2.03. The van der Waals surface area contributed by atoms with Crippen LogP contribution in [0, 0.1) is 0 Å². The molecule has 0 bridgehead atoms. The summed E-state index contributed by atoms with van der Waals surface area (Å²) in [5.74, 6) is -1.05. The van der Waals surface area contributed by atoms with Crippen LogP contribution in [0.25, 0.3) is 0 Å². The number of alkyl halides is 2. The number of hydrogen-bond donors (Lipinski definition) is 1. The molecule has 0 saturated heterocycles. The predicted octanol–water partition coefficient (Wildman–Crippen LogP) is 2.41. The Kier molecular flexibility index (Phi) is 3.51. The summed E-state index contributed by atoms with van der Waals surface area (Å²) in [6, 6.07) is 2.44. The molecule has 0 aliphatic carbocycles. The van der Waals surface area contributed by atoms with Gasteiger partial charge in [0, 0.05) is 0 Å². The third-order valence-electron chi connectivity index (χ3n) is 1.50. The Morgan fingerprint density at radius 2 is 2.21 bits per heavy atom. The topological polar surface area (TPSA) is 50.2 Å². The molecule has 0 fully saturated rings. The van der Waals surface area contributed by atoms with E-state index in [9.17, 15) is 13.6 Å². The van der Waals surface area contributed by atoms with E-state index in [1.54, 1.807) is 0 Å². The summed E-state index contributed by atoms with van der Waals surface area (Å²) in [4.78, 5) is 14.0. The molecular weight excluding hydrogens is 260 g/mol. The van der Waals surface area contributed by atoms with Gasteiger partial charge in [0.2, 0.25) is 0 Å². The lowest BCUT2D eigenvalue weighted by Gasteiger charge is -2.03. The molecule has 0 spiro atoms. The number of hydrogen-bond acceptors (Lipinski definition) is 2. The number of aliphatic carboxylic acids is 1. The quantitative estimate of drug-likeness (QED) is 0.854. The summed E-state index contributed by atoms with van der Waals surface area (Å²) >= 11 is 2.85. The maximum Gasteiger partial charge on any atom is 0.309 e. The van der Waals surface area contributed by atoms with Crippen molar-refractivity contribution in [2.75, 3.05) is 0 Å². The number of pyridine rings is 1. The SMILES string of the molecule is O=C(O)Cc1ccc(C(F)F)c(Br)n1. The first-order chi connectivity index (χ1) is 6.50. The van der Waals surface area contributed by atoms with Gasteiger partial charge < -0.3 is 5.11 Å². The Morgan fingerprint density at radius 1 is 1.57 bits per heavy atom. The van der Waals surface area contributed by atoms with E-state index >= 15 is 0 Å². The summed E-state index contributed by atoms with van der Waals surface area (Å²) in [7, 11) is 0. The molecule has 0 unspecified atom stereocenters. The van der Waals surface area contributed by atoms with E-state index in [0.717, 1.165) is 0 Å². The van der Waals surface area contributed by atoms with Crippen LogP contribution in [0.3, 0.4) is 0 Å². The summed E-state index contributed by atoms with van der Waals surface area (Å²) in [6.45, 7) is 0. The van der Waals surface area contributed by atoms with Gasteiger partial charge in [0.05, 0.1) is 17.7 Å². The number of rotatable bonds is 3. The fraction of sp³-hybridized carbons (Fsp3) is 0.250. The van der Waals surface area contributed by atoms with Gasteiger partial charge in [-0.15, -0.1) is 0 Å². The third-order valence-corrected chi connectivity index (χ3v) is 2.14. The number of carboxylic acid groups (broad SMARTS) is 1. The van der Waals surface area contributed by atoms with E-state index in [-0.39, 0.29) is 22.3 Å². The smallest absolute Gasteiger partial charge is 0.309 e. The van der Waals surface area contributed by atoms with Crippen LogP contribution in [0.4, 0.5) is 8.78 Å². The van der Waals surface area contributed by atoms with Gasteiger partial charge in [-0.25, -0.2) is 13.8 Å². The van der Waals surface area contributed by atoms with Crippen LogP contribution in [0.1, 0.15) is 17.7 Å². The Bertz CT molecular complexity index is 357. The number of halogens is 3. The summed E-state index contributed by atoms with van der Waals surface area (Å²) < 4.78 is 24.5. The van der Waals surface area contributed by atoms with Crippen LogP contribution in [0.15, 0.2) is 16.7 Å². The molecule has 1 N–H and O–H groups in total. The summed E-state index contributed by atoms with van der Waals surface area (Å²) in [6.07, 6.45) is -2.89. The van der Waals surface area contributed by atoms with Gasteiger partial charge >= 0.3 is 5.97 Å². The zero-order valence-electron chi connectivity index (χ0n) is 6.88. The van der Waals surface area contributed by atoms with Crippen molar-refractivity contribution in [2.24, 2.45) is 0 Å². The average molecular weight is 266 g/mol. The summed E-state index contributed by atoms with van der Waals surface area (Å²) in [5.41, 5.74) is 0.00733. The molecule has 1 heterocycles. The highest BCUT2D eigenvalue weighted by atomic mass is 79.9. The van der Waals surface area contributed by atoms with Gasteiger partial charge in [0.1, 0.15) is 4.60 Å². The van der Waals surface area contributed by atoms with Crippen molar-refractivity contribution in [3.63, 3.8) is 0 Å². The third kappa shape index (κ3) is 2.73. The zero-order chi connectivity index (χ0) is 10.7. The van der Waals surface area contributed by atoms with E-state index in [1.165, 1.54) is 12.1 Å². The molecule has 0 aromatic carbocycles. The van der Waals surface area contributed by atoms with Gasteiger partial charge in [-0.3, -0.25) is 4.79 Å². The van der Waals surface area contributed by atoms with E-state index < -0.39 is 12.4 Å². The lowest BCUT2D eigenvalue weighted by atomic mass is 10.2. The molecule has 0 atom stereocenters. The van der Waals surface area contributed by atoms with Crippen molar-refractivity contribution in [1.82, 2.24) is 4.98 Å². The van der Waals surface area contributed by atoms with Crippen LogP contribution < -0.4 is 0 Å². The van der Waals surface area contributed by atoms with Crippen molar-refractivity contribution in [3.8, 4) is 0 Å². The second kappa shape index (κ2) is 4.45. The molecule has 1 aromatic rings. The van der Waals surface area contributed by atoms with E-state index in [2.05, 4.69) is 20.9 Å². The molecule has 0 radical (unpaired) electrons. The molecule has 0 aliphatic heterocycles. The van der Waals surface area contributed by atoms with Crippen LogP contribution >= 0.6 is 15.9 Å². The van der Waals surface area contributed by atoms with Crippen LogP contribution in [-0.4, -0.2) is 16.1 Å².